The molecule has 2 rings (SSSR count). The number of guanidine groups is 1. The third kappa shape index (κ3) is 4.84. The number of nitrogens with one attached hydrogen (secondary N) is 1. The van der Waals surface area contributed by atoms with Crippen molar-refractivity contribution < 1.29 is 19.0 Å². The molecule has 2 aliphatic rings. The van der Waals surface area contributed by atoms with Gasteiger partial charge in [0.05, 0.1) is 32.8 Å². The fourth-order valence-electron chi connectivity index (χ4n) is 2.77. The van der Waals surface area contributed by atoms with Crippen LogP contribution >= 0.6 is 0 Å². The standard InChI is InChI=1S/C15H27N3O4/c1-3-16-15(17-7-6-14(19)20-2)18-8-10-22-13(11-18)12-5-4-9-21-12/h12-13H,3-11H2,1-2H3,(H,16,17). The van der Waals surface area contributed by atoms with E-state index in [4.69, 9.17) is 9.47 Å². The minimum Gasteiger partial charge on any atom is -0.469 e. The van der Waals surface area contributed by atoms with Gasteiger partial charge in [0.2, 0.25) is 0 Å². The lowest BCUT2D eigenvalue weighted by molar-refractivity contribution is -0.140. The summed E-state index contributed by atoms with van der Waals surface area (Å²) in [6, 6.07) is 0. The van der Waals surface area contributed by atoms with E-state index in [1.165, 1.54) is 7.11 Å². The van der Waals surface area contributed by atoms with Gasteiger partial charge in [-0.3, -0.25) is 9.79 Å². The molecule has 2 aliphatic heterocycles. The van der Waals surface area contributed by atoms with Crippen LogP contribution in [-0.2, 0) is 19.0 Å². The first-order valence-electron chi connectivity index (χ1n) is 8.08. The van der Waals surface area contributed by atoms with E-state index in [2.05, 4.69) is 19.9 Å². The summed E-state index contributed by atoms with van der Waals surface area (Å²) in [6.45, 7) is 6.33. The number of morpholine rings is 1. The summed E-state index contributed by atoms with van der Waals surface area (Å²) < 4.78 is 16.2. The second kappa shape index (κ2) is 8.95. The monoisotopic (exact) mass is 313 g/mol. The fourth-order valence-corrected chi connectivity index (χ4v) is 2.77. The van der Waals surface area contributed by atoms with Crippen molar-refractivity contribution in [1.29, 1.82) is 0 Å². The van der Waals surface area contributed by atoms with Gasteiger partial charge in [-0.05, 0) is 19.8 Å². The predicted molar refractivity (Wildman–Crippen MR) is 82.9 cm³/mol. The van der Waals surface area contributed by atoms with Crippen LogP contribution in [0.25, 0.3) is 0 Å². The van der Waals surface area contributed by atoms with Crippen LogP contribution in [-0.4, -0.2) is 75.5 Å². The summed E-state index contributed by atoms with van der Waals surface area (Å²) in [5, 5.41) is 3.28. The number of nitrogens with zero attached hydrogens (tertiary/aromatic N) is 2. The van der Waals surface area contributed by atoms with Crippen LogP contribution in [0.4, 0.5) is 0 Å². The molecule has 0 radical (unpaired) electrons. The Kier molecular flexibility index (Phi) is 6.92. The van der Waals surface area contributed by atoms with Crippen molar-refractivity contribution in [2.24, 2.45) is 4.99 Å². The number of rotatable bonds is 5. The van der Waals surface area contributed by atoms with Gasteiger partial charge in [0.25, 0.3) is 0 Å². The zero-order chi connectivity index (χ0) is 15.8. The van der Waals surface area contributed by atoms with Crippen LogP contribution in [0.1, 0.15) is 26.2 Å². The smallest absolute Gasteiger partial charge is 0.307 e. The number of esters is 1. The maximum Gasteiger partial charge on any atom is 0.307 e. The third-order valence-electron chi connectivity index (χ3n) is 3.91. The van der Waals surface area contributed by atoms with Gasteiger partial charge in [-0.25, -0.2) is 0 Å². The van der Waals surface area contributed by atoms with Crippen molar-refractivity contribution in [3.05, 3.63) is 0 Å². The molecule has 1 N–H and O–H groups in total. The van der Waals surface area contributed by atoms with Crippen LogP contribution in [0.3, 0.4) is 0 Å². The van der Waals surface area contributed by atoms with Gasteiger partial charge in [-0.15, -0.1) is 0 Å². The van der Waals surface area contributed by atoms with Crippen LogP contribution in [0.5, 0.6) is 0 Å². The minimum atomic E-state index is -0.237. The van der Waals surface area contributed by atoms with Crippen molar-refractivity contribution in [3.63, 3.8) is 0 Å². The lowest BCUT2D eigenvalue weighted by atomic mass is 10.1. The summed E-state index contributed by atoms with van der Waals surface area (Å²) in [5.41, 5.74) is 0. The molecular weight excluding hydrogens is 286 g/mol. The van der Waals surface area contributed by atoms with Crippen LogP contribution < -0.4 is 5.32 Å². The number of carbonyl (C=O) groups is 1. The van der Waals surface area contributed by atoms with E-state index in [0.717, 1.165) is 45.0 Å². The molecule has 0 amide bonds. The Balaban J connectivity index is 1.91. The second-order valence-corrected chi connectivity index (χ2v) is 5.47. The summed E-state index contributed by atoms with van der Waals surface area (Å²) in [7, 11) is 1.39. The molecule has 7 nitrogen and oxygen atoms in total. The van der Waals surface area contributed by atoms with Crippen molar-refractivity contribution in [2.75, 3.05) is 46.5 Å². The first-order chi connectivity index (χ1) is 10.7. The first-order valence-corrected chi connectivity index (χ1v) is 8.08. The third-order valence-corrected chi connectivity index (χ3v) is 3.91. The van der Waals surface area contributed by atoms with Gasteiger partial charge in [0, 0.05) is 26.2 Å². The fraction of sp³-hybridized carbons (Fsp3) is 0.867. The van der Waals surface area contributed by atoms with Gasteiger partial charge < -0.3 is 24.4 Å². The van der Waals surface area contributed by atoms with E-state index in [9.17, 15) is 4.79 Å². The van der Waals surface area contributed by atoms with Crippen LogP contribution in [0, 0.1) is 0 Å². The Morgan fingerprint density at radius 2 is 2.18 bits per heavy atom. The number of methoxy groups -OCH3 is 1. The summed E-state index contributed by atoms with van der Waals surface area (Å²) >= 11 is 0. The lowest BCUT2D eigenvalue weighted by Gasteiger charge is -2.37. The van der Waals surface area contributed by atoms with E-state index in [1.807, 2.05) is 6.92 Å². The van der Waals surface area contributed by atoms with Gasteiger partial charge in [-0.1, -0.05) is 0 Å². The molecule has 0 aromatic heterocycles. The molecule has 2 saturated heterocycles. The van der Waals surface area contributed by atoms with Crippen molar-refractivity contribution in [3.8, 4) is 0 Å². The highest BCUT2D eigenvalue weighted by Gasteiger charge is 2.32. The highest BCUT2D eigenvalue weighted by Crippen LogP contribution is 2.21. The molecule has 2 unspecified atom stereocenters. The molecule has 0 aromatic rings. The van der Waals surface area contributed by atoms with E-state index >= 15 is 0 Å². The van der Waals surface area contributed by atoms with E-state index in [1.54, 1.807) is 0 Å². The second-order valence-electron chi connectivity index (χ2n) is 5.47. The Bertz CT molecular complexity index is 383. The number of ether oxygens (including phenoxy) is 3. The quantitative estimate of drug-likeness (QED) is 0.450. The average molecular weight is 313 g/mol. The summed E-state index contributed by atoms with van der Waals surface area (Å²) in [5.74, 6) is 0.594. The van der Waals surface area contributed by atoms with Crippen LogP contribution in [0.2, 0.25) is 0 Å². The first kappa shape index (κ1) is 17.0. The van der Waals surface area contributed by atoms with Gasteiger partial charge in [0.15, 0.2) is 5.96 Å². The zero-order valence-electron chi connectivity index (χ0n) is 13.5. The maximum absolute atomic E-state index is 11.2. The lowest BCUT2D eigenvalue weighted by Crippen LogP contribution is -2.53. The van der Waals surface area contributed by atoms with Gasteiger partial charge in [-0.2, -0.15) is 0 Å². The molecule has 2 atom stereocenters. The molecular formula is C15H27N3O4. The Morgan fingerprint density at radius 3 is 2.86 bits per heavy atom. The Labute approximate surface area is 132 Å². The molecule has 0 bridgehead atoms. The number of hydrogen-bond acceptors (Lipinski definition) is 5. The molecule has 0 spiro atoms. The minimum absolute atomic E-state index is 0.0979. The highest BCUT2D eigenvalue weighted by atomic mass is 16.5. The molecule has 0 aromatic carbocycles. The Hall–Kier alpha value is -1.34. The summed E-state index contributed by atoms with van der Waals surface area (Å²) in [6.07, 6.45) is 2.76. The molecule has 0 saturated carbocycles. The van der Waals surface area contributed by atoms with Crippen molar-refractivity contribution in [1.82, 2.24) is 10.2 Å². The Morgan fingerprint density at radius 1 is 1.36 bits per heavy atom. The maximum atomic E-state index is 11.2. The predicted octanol–water partition coefficient (Wildman–Crippen LogP) is 0.395. The number of carbonyl (C=O) groups excluding carboxylic acids is 1. The van der Waals surface area contributed by atoms with E-state index in [-0.39, 0.29) is 18.2 Å². The molecule has 0 aliphatic carbocycles. The van der Waals surface area contributed by atoms with E-state index < -0.39 is 0 Å². The molecule has 126 valence electrons. The molecule has 22 heavy (non-hydrogen) atoms. The van der Waals surface area contributed by atoms with Crippen molar-refractivity contribution in [2.45, 2.75) is 38.4 Å². The average Bonchev–Trinajstić information content (AvgIpc) is 3.08. The summed E-state index contributed by atoms with van der Waals surface area (Å²) in [4.78, 5) is 17.9. The largest absolute Gasteiger partial charge is 0.469 e. The molecule has 2 fully saturated rings. The van der Waals surface area contributed by atoms with Crippen LogP contribution in [0.15, 0.2) is 4.99 Å². The SMILES string of the molecule is CCNC(=NCCC(=O)OC)N1CCOC(C2CCCO2)C1. The van der Waals surface area contributed by atoms with Gasteiger partial charge in [0.1, 0.15) is 6.10 Å². The number of aliphatic imine (C=N–C) groups is 1. The normalized spacial score (nSPS) is 26.1. The van der Waals surface area contributed by atoms with Gasteiger partial charge >= 0.3 is 5.97 Å². The highest BCUT2D eigenvalue weighted by molar-refractivity contribution is 5.80. The van der Waals surface area contributed by atoms with Crippen molar-refractivity contribution >= 4 is 11.9 Å². The number of hydrogen-bond donors (Lipinski definition) is 1. The van der Waals surface area contributed by atoms with E-state index in [0.29, 0.717) is 19.6 Å². The zero-order valence-corrected chi connectivity index (χ0v) is 13.5. The topological polar surface area (TPSA) is 72.4 Å². The molecule has 7 heteroatoms. The molecule has 2 heterocycles.